The van der Waals surface area contributed by atoms with Crippen LogP contribution in [0.15, 0.2) is 34.1 Å². The third-order valence-corrected chi connectivity index (χ3v) is 9.57. The summed E-state index contributed by atoms with van der Waals surface area (Å²) in [6, 6.07) is 6.58. The third kappa shape index (κ3) is 7.05. The molecule has 0 radical (unpaired) electrons. The Balaban J connectivity index is 0.00000228. The normalized spacial score (nSPS) is 16.4. The van der Waals surface area contributed by atoms with Crippen LogP contribution in [0.1, 0.15) is 35.1 Å². The molecular formula is C22H30Cl4N4O4S2. The first-order valence-corrected chi connectivity index (χ1v) is 14.9. The van der Waals surface area contributed by atoms with Gasteiger partial charge in [-0.05, 0) is 73.2 Å². The molecule has 0 amide bonds. The highest BCUT2D eigenvalue weighted by atomic mass is 35.5. The lowest BCUT2D eigenvalue weighted by molar-refractivity contribution is 0.222. The molecule has 0 fully saturated rings. The van der Waals surface area contributed by atoms with Crippen molar-refractivity contribution in [3.8, 4) is 0 Å². The minimum Gasteiger partial charge on any atom is -0.299 e. The van der Waals surface area contributed by atoms with E-state index >= 15 is 0 Å². The predicted octanol–water partition coefficient (Wildman–Crippen LogP) is 3.33. The van der Waals surface area contributed by atoms with Crippen molar-refractivity contribution < 1.29 is 16.8 Å². The molecule has 0 unspecified atom stereocenters. The van der Waals surface area contributed by atoms with Crippen molar-refractivity contribution in [2.45, 2.75) is 48.6 Å². The lowest BCUT2D eigenvalue weighted by Crippen LogP contribution is -2.34. The molecule has 2 heterocycles. The number of primary sulfonamides is 2. The lowest BCUT2D eigenvalue weighted by atomic mass is 9.99. The SMILES string of the molecule is Cl.Cl.NS(=O)(=O)c1ccc2c(c1Cl)CN(CCCCN1CCc3ccc(S(N)(=O)=O)c(Cl)c3C1)CC2. The number of rotatable bonds is 7. The minimum atomic E-state index is -3.86. The molecule has 4 N–H and O–H groups in total. The maximum atomic E-state index is 11.8. The number of fused-ring (bicyclic) bond motifs is 2. The molecule has 14 heteroatoms. The Bertz CT molecular complexity index is 1220. The molecule has 36 heavy (non-hydrogen) atoms. The molecule has 0 saturated heterocycles. The molecule has 0 atom stereocenters. The molecule has 0 saturated carbocycles. The first-order chi connectivity index (χ1) is 15.9. The van der Waals surface area contributed by atoms with Crippen molar-refractivity contribution in [3.05, 3.63) is 56.6 Å². The molecule has 4 rings (SSSR count). The van der Waals surface area contributed by atoms with Crippen LogP contribution in [0.4, 0.5) is 0 Å². The number of benzene rings is 2. The van der Waals surface area contributed by atoms with Crippen LogP contribution >= 0.6 is 48.0 Å². The van der Waals surface area contributed by atoms with E-state index in [1.807, 2.05) is 0 Å². The van der Waals surface area contributed by atoms with Gasteiger partial charge in [-0.3, -0.25) is 9.80 Å². The molecule has 2 aliphatic rings. The number of unbranched alkanes of at least 4 members (excludes halogenated alkanes) is 1. The number of nitrogens with zero attached hydrogens (tertiary/aromatic N) is 2. The van der Waals surface area contributed by atoms with Gasteiger partial charge in [0.15, 0.2) is 0 Å². The number of sulfonamides is 2. The Morgan fingerprint density at radius 1 is 0.694 bits per heavy atom. The van der Waals surface area contributed by atoms with E-state index in [0.717, 1.165) is 74.1 Å². The first-order valence-electron chi connectivity index (χ1n) is 11.1. The molecule has 2 aromatic rings. The fourth-order valence-corrected chi connectivity index (χ4v) is 7.14. The van der Waals surface area contributed by atoms with E-state index in [0.29, 0.717) is 13.1 Å². The zero-order valence-electron chi connectivity index (χ0n) is 19.5. The fourth-order valence-electron chi connectivity index (χ4n) is 4.74. The van der Waals surface area contributed by atoms with E-state index < -0.39 is 20.0 Å². The van der Waals surface area contributed by atoms with Gasteiger partial charge in [0.1, 0.15) is 9.79 Å². The van der Waals surface area contributed by atoms with E-state index in [4.69, 9.17) is 33.5 Å². The van der Waals surface area contributed by atoms with Crippen molar-refractivity contribution in [2.24, 2.45) is 10.3 Å². The van der Waals surface area contributed by atoms with Crippen LogP contribution < -0.4 is 10.3 Å². The van der Waals surface area contributed by atoms with Gasteiger partial charge in [-0.2, -0.15) is 0 Å². The largest absolute Gasteiger partial charge is 0.299 e. The highest BCUT2D eigenvalue weighted by Gasteiger charge is 2.25. The Kier molecular flexibility index (Phi) is 10.9. The Labute approximate surface area is 235 Å². The van der Waals surface area contributed by atoms with Crippen LogP contribution in [0, 0.1) is 0 Å². The minimum absolute atomic E-state index is 0. The fraction of sp³-hybridized carbons (Fsp3) is 0.455. The molecular weight excluding hydrogens is 590 g/mol. The smallest absolute Gasteiger partial charge is 0.239 e. The second-order valence-corrected chi connectivity index (χ2v) is 12.7. The second kappa shape index (κ2) is 12.5. The van der Waals surface area contributed by atoms with Crippen LogP contribution in [0.25, 0.3) is 0 Å². The van der Waals surface area contributed by atoms with Gasteiger partial charge in [-0.15, -0.1) is 24.8 Å². The summed E-state index contributed by atoms with van der Waals surface area (Å²) in [6.45, 7) is 4.72. The first kappa shape index (κ1) is 31.6. The van der Waals surface area contributed by atoms with Gasteiger partial charge < -0.3 is 0 Å². The summed E-state index contributed by atoms with van der Waals surface area (Å²) < 4.78 is 47.1. The average Bonchev–Trinajstić information content (AvgIpc) is 2.76. The third-order valence-electron chi connectivity index (χ3n) is 6.58. The molecule has 0 aliphatic carbocycles. The molecule has 0 bridgehead atoms. The van der Waals surface area contributed by atoms with Gasteiger partial charge >= 0.3 is 0 Å². The van der Waals surface area contributed by atoms with Crippen molar-refractivity contribution in [3.63, 3.8) is 0 Å². The average molecular weight is 620 g/mol. The lowest BCUT2D eigenvalue weighted by Gasteiger charge is -2.31. The van der Waals surface area contributed by atoms with Gasteiger partial charge in [0.25, 0.3) is 0 Å². The van der Waals surface area contributed by atoms with E-state index in [9.17, 15) is 16.8 Å². The maximum absolute atomic E-state index is 11.8. The Hall–Kier alpha value is -0.660. The Morgan fingerprint density at radius 3 is 1.39 bits per heavy atom. The topological polar surface area (TPSA) is 127 Å². The highest BCUT2D eigenvalue weighted by Crippen LogP contribution is 2.33. The zero-order valence-corrected chi connectivity index (χ0v) is 24.2. The van der Waals surface area contributed by atoms with Crippen molar-refractivity contribution >= 4 is 68.1 Å². The quantitative estimate of drug-likeness (QED) is 0.458. The summed E-state index contributed by atoms with van der Waals surface area (Å²) in [5, 5.41) is 11.0. The van der Waals surface area contributed by atoms with Crippen molar-refractivity contribution in [1.29, 1.82) is 0 Å². The van der Waals surface area contributed by atoms with Crippen LogP contribution in [0.3, 0.4) is 0 Å². The molecule has 0 aromatic heterocycles. The van der Waals surface area contributed by atoms with Crippen LogP contribution in [-0.4, -0.2) is 52.8 Å². The highest BCUT2D eigenvalue weighted by molar-refractivity contribution is 7.89. The Morgan fingerprint density at radius 2 is 1.06 bits per heavy atom. The van der Waals surface area contributed by atoms with E-state index in [1.54, 1.807) is 12.1 Å². The van der Waals surface area contributed by atoms with Crippen LogP contribution in [0.5, 0.6) is 0 Å². The molecule has 2 aliphatic heterocycles. The molecule has 202 valence electrons. The number of hydrogen-bond donors (Lipinski definition) is 2. The van der Waals surface area contributed by atoms with E-state index in [2.05, 4.69) is 9.80 Å². The summed E-state index contributed by atoms with van der Waals surface area (Å²) >= 11 is 12.8. The summed E-state index contributed by atoms with van der Waals surface area (Å²) in [5.41, 5.74) is 3.81. The standard InChI is InChI=1S/C22H28Cl2N4O4S2.2ClH/c23-21-17-13-27(11-7-15(17)3-5-19(21)33(25,29)30)9-1-2-10-28-12-8-16-4-6-20(34(26,31)32)22(24)18(16)14-28;;/h3-6H,1-2,7-14H2,(H2,25,29,30)(H2,26,31,32);2*1H. The number of halogens is 4. The summed E-state index contributed by atoms with van der Waals surface area (Å²) in [6.07, 6.45) is 3.56. The monoisotopic (exact) mass is 618 g/mol. The summed E-state index contributed by atoms with van der Waals surface area (Å²) in [7, 11) is -7.72. The number of hydrogen-bond acceptors (Lipinski definition) is 6. The summed E-state index contributed by atoms with van der Waals surface area (Å²) in [5.74, 6) is 0. The van der Waals surface area contributed by atoms with Crippen molar-refractivity contribution in [2.75, 3.05) is 26.2 Å². The van der Waals surface area contributed by atoms with Gasteiger partial charge in [0.2, 0.25) is 20.0 Å². The van der Waals surface area contributed by atoms with Crippen molar-refractivity contribution in [1.82, 2.24) is 9.80 Å². The second-order valence-electron chi connectivity index (χ2n) is 8.88. The van der Waals surface area contributed by atoms with Gasteiger partial charge in [0.05, 0.1) is 10.0 Å². The molecule has 0 spiro atoms. The van der Waals surface area contributed by atoms with Gasteiger partial charge in [-0.25, -0.2) is 27.1 Å². The maximum Gasteiger partial charge on any atom is 0.239 e. The van der Waals surface area contributed by atoms with E-state index in [-0.39, 0.29) is 44.7 Å². The van der Waals surface area contributed by atoms with Crippen LogP contribution in [-0.2, 0) is 46.0 Å². The van der Waals surface area contributed by atoms with E-state index in [1.165, 1.54) is 12.1 Å². The summed E-state index contributed by atoms with van der Waals surface area (Å²) in [4.78, 5) is 4.51. The zero-order chi connectivity index (χ0) is 24.7. The van der Waals surface area contributed by atoms with Gasteiger partial charge in [-0.1, -0.05) is 35.3 Å². The predicted molar refractivity (Wildman–Crippen MR) is 147 cm³/mol. The number of nitrogens with two attached hydrogens (primary N) is 2. The molecule has 8 nitrogen and oxygen atoms in total. The van der Waals surface area contributed by atoms with Crippen LogP contribution in [0.2, 0.25) is 10.0 Å². The van der Waals surface area contributed by atoms with Gasteiger partial charge in [0, 0.05) is 26.2 Å². The molecule has 2 aromatic carbocycles.